The van der Waals surface area contributed by atoms with Crippen molar-refractivity contribution in [2.45, 2.75) is 27.7 Å². The summed E-state index contributed by atoms with van der Waals surface area (Å²) in [5.74, 6) is -1.45. The van der Waals surface area contributed by atoms with Gasteiger partial charge in [0.15, 0.2) is 11.6 Å². The molecule has 1 radical (unpaired) electrons. The van der Waals surface area contributed by atoms with Gasteiger partial charge in [-0.15, -0.1) is 21.8 Å². The van der Waals surface area contributed by atoms with E-state index in [1.54, 1.807) is 49.1 Å². The third-order valence-electron chi connectivity index (χ3n) is 7.07. The van der Waals surface area contributed by atoms with E-state index in [0.29, 0.717) is 10.8 Å². The Morgan fingerprint density at radius 1 is 0.508 bits per heavy atom. The minimum absolute atomic E-state index is 0. The molecule has 4 heterocycles. The summed E-state index contributed by atoms with van der Waals surface area (Å²) in [5, 5.41) is 60.6. The van der Waals surface area contributed by atoms with Crippen LogP contribution in [-0.2, 0) is 48.5 Å². The fourth-order valence-corrected chi connectivity index (χ4v) is 4.85. The third kappa shape index (κ3) is 21.9. The first-order chi connectivity index (χ1) is 28.8. The van der Waals surface area contributed by atoms with Crippen molar-refractivity contribution in [1.29, 1.82) is 10.8 Å². The summed E-state index contributed by atoms with van der Waals surface area (Å²) in [7, 11) is -4.94. The molecule has 0 unspecified atom stereocenters. The number of pyridine rings is 4. The standard InChI is InChI=1S/C14H10N2O2.2C10H8N2.2C5H8O2.ClHO4.2Ru/c15-9-5-6-10(16)12-11(9)13(17)7-3-1-2-4-8(7)14(12)18;2*1-3-7-11-9(5-1)10-6-2-4-8-12-10;2*1-4(6)3-5(2)7;2-1(3,4)5;;/h1-6,15-18H;2*1-8H;2*3,6H,1-2H3;(H,2,3,4,5);;/q;;;;;;+2;+3/p-5/b;;;2*4-3-;;;. The van der Waals surface area contributed by atoms with Crippen LogP contribution in [-0.4, -0.2) is 42.9 Å². The molecule has 0 atom stereocenters. The molecule has 327 valence electrons. The summed E-state index contributed by atoms with van der Waals surface area (Å²) in [6.07, 6.45) is 11.9. The summed E-state index contributed by atoms with van der Waals surface area (Å²) < 4.78 is 34.0. The first-order valence-corrected chi connectivity index (χ1v) is 18.8. The average molecular weight is 1050 g/mol. The quantitative estimate of drug-likeness (QED) is 0.138. The molecule has 19 heteroatoms. The first-order valence-electron chi connectivity index (χ1n) is 17.6. The Labute approximate surface area is 391 Å². The number of rotatable bonds is 4. The number of halogens is 1. The van der Waals surface area contributed by atoms with Crippen molar-refractivity contribution < 1.29 is 97.9 Å². The molecule has 16 nitrogen and oxygen atoms in total. The Bertz CT molecular complexity index is 2220. The van der Waals surface area contributed by atoms with E-state index in [2.05, 4.69) is 19.9 Å². The van der Waals surface area contributed by atoms with Gasteiger partial charge in [-0.2, -0.15) is 0 Å². The summed E-state index contributed by atoms with van der Waals surface area (Å²) in [4.78, 5) is 36.7. The SMILES string of the molecule is CC(=O)/C=C(/C)[O-].CC(=O)/C=C(/C)[O-].N=C1C=CC(=N)c2c1c([O-])c1ccccc1c2[O-].[O-][Cl+3]([O-])([O-])[O-].[Ru+2].[Ru+3].c1ccc(-c2ccccn2)nc1.c1ccc(-c2ccccn2)nc1. The molecule has 4 aromatic heterocycles. The summed E-state index contributed by atoms with van der Waals surface area (Å²) >= 11 is 0. The molecule has 0 saturated heterocycles. The molecule has 63 heavy (non-hydrogen) atoms. The van der Waals surface area contributed by atoms with Crippen LogP contribution in [0.4, 0.5) is 0 Å². The zero-order chi connectivity index (χ0) is 45.5. The fraction of sp³-hybridized carbons (Fsp3) is 0.0909. The van der Waals surface area contributed by atoms with Gasteiger partial charge in [-0.25, -0.2) is 18.6 Å². The van der Waals surface area contributed by atoms with E-state index >= 15 is 0 Å². The number of nitrogens with one attached hydrogen (secondary N) is 2. The molecule has 0 saturated carbocycles. The van der Waals surface area contributed by atoms with Crippen molar-refractivity contribution in [3.63, 3.8) is 0 Å². The van der Waals surface area contributed by atoms with Crippen LogP contribution in [0, 0.1) is 21.1 Å². The fourth-order valence-electron chi connectivity index (χ4n) is 4.85. The Morgan fingerprint density at radius 2 is 0.746 bits per heavy atom. The smallest absolute Gasteiger partial charge is 0.876 e. The van der Waals surface area contributed by atoms with Crippen LogP contribution in [0.3, 0.4) is 0 Å². The third-order valence-corrected chi connectivity index (χ3v) is 7.07. The number of aromatic nitrogens is 4. The van der Waals surface area contributed by atoms with Crippen molar-refractivity contribution in [2.75, 3.05) is 0 Å². The molecule has 0 spiro atoms. The molecular weight excluding hydrogens is 1010 g/mol. The Balaban J connectivity index is 0.000000767. The van der Waals surface area contributed by atoms with Gasteiger partial charge in [0, 0.05) is 35.9 Å². The van der Waals surface area contributed by atoms with E-state index in [4.69, 9.17) is 29.5 Å². The number of hydrogen-bond acceptors (Lipinski definition) is 16. The molecule has 1 aliphatic rings. The van der Waals surface area contributed by atoms with Crippen molar-refractivity contribution in [3.05, 3.63) is 169 Å². The van der Waals surface area contributed by atoms with Crippen LogP contribution >= 0.6 is 0 Å². The van der Waals surface area contributed by atoms with E-state index in [9.17, 15) is 30.0 Å². The molecule has 0 bridgehead atoms. The van der Waals surface area contributed by atoms with Gasteiger partial charge in [-0.3, -0.25) is 29.5 Å². The van der Waals surface area contributed by atoms with Gasteiger partial charge >= 0.3 is 39.0 Å². The van der Waals surface area contributed by atoms with Crippen molar-refractivity contribution in [1.82, 2.24) is 19.9 Å². The topological polar surface area (TPSA) is 318 Å². The molecule has 2 aromatic carbocycles. The maximum Gasteiger partial charge on any atom is 3.00 e. The maximum atomic E-state index is 12.3. The normalized spacial score (nSPS) is 11.2. The number of allylic oxidation sites excluding steroid dienone is 6. The summed E-state index contributed by atoms with van der Waals surface area (Å²) in [5.41, 5.74) is 3.74. The zero-order valence-corrected chi connectivity index (χ0v) is 38.0. The van der Waals surface area contributed by atoms with Gasteiger partial charge in [-0.1, -0.05) is 73.9 Å². The molecule has 2 N–H and O–H groups in total. The van der Waals surface area contributed by atoms with E-state index in [1.807, 2.05) is 72.8 Å². The van der Waals surface area contributed by atoms with Gasteiger partial charge in [0.1, 0.15) is 0 Å². The first kappa shape index (κ1) is 56.8. The molecule has 0 aliphatic heterocycles. The summed E-state index contributed by atoms with van der Waals surface area (Å²) in [6, 6.07) is 29.7. The number of ketones is 2. The molecule has 0 amide bonds. The Morgan fingerprint density at radius 3 is 0.921 bits per heavy atom. The van der Waals surface area contributed by atoms with E-state index in [0.717, 1.165) is 34.9 Å². The van der Waals surface area contributed by atoms with Gasteiger partial charge in [0.2, 0.25) is 0 Å². The minimum atomic E-state index is -4.94. The number of carbonyl (C=O) groups is 2. The average Bonchev–Trinajstić information content (AvgIpc) is 3.21. The van der Waals surface area contributed by atoms with Crippen LogP contribution in [0.2, 0.25) is 0 Å². The van der Waals surface area contributed by atoms with E-state index < -0.39 is 10.2 Å². The van der Waals surface area contributed by atoms with Gasteiger partial charge in [-0.05, 0) is 97.5 Å². The molecular formula is C44H38ClN6O10Ru2. The summed E-state index contributed by atoms with van der Waals surface area (Å²) in [6.45, 7) is 5.39. The van der Waals surface area contributed by atoms with Crippen molar-refractivity contribution in [3.8, 4) is 34.3 Å². The Kier molecular flexibility index (Phi) is 26.3. The number of carbonyl (C=O) groups excluding carboxylic acids is 2. The molecule has 6 aromatic rings. The minimum Gasteiger partial charge on any atom is -0.876 e. The van der Waals surface area contributed by atoms with E-state index in [1.165, 1.54) is 39.8 Å². The van der Waals surface area contributed by atoms with Crippen molar-refractivity contribution >= 4 is 33.8 Å². The Hall–Kier alpha value is -6.22. The van der Waals surface area contributed by atoms with Crippen LogP contribution < -0.4 is 39.1 Å². The molecule has 0 fully saturated rings. The molecule has 7 rings (SSSR count). The van der Waals surface area contributed by atoms with Crippen LogP contribution in [0.1, 0.15) is 38.8 Å². The second-order valence-corrected chi connectivity index (χ2v) is 12.8. The van der Waals surface area contributed by atoms with Crippen LogP contribution in [0.25, 0.3) is 33.5 Å². The predicted octanol–water partition coefficient (Wildman–Crippen LogP) is 0.498. The van der Waals surface area contributed by atoms with E-state index in [-0.39, 0.29) is 96.1 Å². The number of hydrogen-bond donors (Lipinski definition) is 2. The zero-order valence-electron chi connectivity index (χ0n) is 33.8. The molecule has 1 aliphatic carbocycles. The number of fused-ring (bicyclic) bond motifs is 2. The second-order valence-electron chi connectivity index (χ2n) is 12.1. The van der Waals surface area contributed by atoms with Gasteiger partial charge in [0.25, 0.3) is 0 Å². The largest absolute Gasteiger partial charge is 3.00 e. The maximum absolute atomic E-state index is 12.3. The number of benzene rings is 2. The number of nitrogens with zero attached hydrogens (tertiary/aromatic N) is 4. The predicted molar refractivity (Wildman–Crippen MR) is 209 cm³/mol. The van der Waals surface area contributed by atoms with Gasteiger partial charge in [0.05, 0.1) is 34.2 Å². The van der Waals surface area contributed by atoms with Gasteiger partial charge < -0.3 is 31.2 Å². The van der Waals surface area contributed by atoms with Crippen LogP contribution in [0.5, 0.6) is 11.5 Å². The monoisotopic (exact) mass is 1050 g/mol. The van der Waals surface area contributed by atoms with Crippen LogP contribution in [0.15, 0.2) is 158 Å². The second kappa shape index (κ2) is 29.1. The van der Waals surface area contributed by atoms with Crippen molar-refractivity contribution in [2.24, 2.45) is 0 Å².